The molecule has 2 nitrogen and oxygen atoms in total. The van der Waals surface area contributed by atoms with Crippen LogP contribution in [0, 0.1) is 28.5 Å². The smallest absolute Gasteiger partial charge is 0.150 e. The summed E-state index contributed by atoms with van der Waals surface area (Å²) in [4.78, 5) is 0. The average Bonchev–Trinajstić information content (AvgIpc) is 2.25. The van der Waals surface area contributed by atoms with Crippen LogP contribution in [0.15, 0.2) is 22.2 Å². The van der Waals surface area contributed by atoms with E-state index < -0.39 is 5.82 Å². The van der Waals surface area contributed by atoms with E-state index in [9.17, 15) is 4.39 Å². The van der Waals surface area contributed by atoms with E-state index in [1.165, 1.54) is 6.07 Å². The van der Waals surface area contributed by atoms with Gasteiger partial charge in [0.2, 0.25) is 0 Å². The lowest BCUT2D eigenvalue weighted by Gasteiger charge is -2.01. The van der Waals surface area contributed by atoms with Crippen LogP contribution >= 0.6 is 27.5 Å². The number of hydrogen-bond acceptors (Lipinski definition) is 2. The molecule has 0 amide bonds. The summed E-state index contributed by atoms with van der Waals surface area (Å²) >= 11 is 8.69. The first-order chi connectivity index (χ1) is 7.10. The van der Waals surface area contributed by atoms with Crippen LogP contribution in [-0.2, 0) is 0 Å². The van der Waals surface area contributed by atoms with Gasteiger partial charge in [-0.25, -0.2) is 4.39 Å². The van der Waals surface area contributed by atoms with Crippen molar-refractivity contribution in [3.05, 3.63) is 38.6 Å². The van der Waals surface area contributed by atoms with Crippen LogP contribution in [0.2, 0.25) is 5.02 Å². The molecular weight excluding hydrogens is 282 g/mol. The minimum atomic E-state index is -0.658. The highest BCUT2D eigenvalue weighted by atomic mass is 79.9. The molecule has 0 aromatic heterocycles. The van der Waals surface area contributed by atoms with E-state index in [4.69, 9.17) is 22.1 Å². The van der Waals surface area contributed by atoms with E-state index in [0.29, 0.717) is 4.47 Å². The van der Waals surface area contributed by atoms with Crippen molar-refractivity contribution in [2.45, 2.75) is 0 Å². The van der Waals surface area contributed by atoms with E-state index in [-0.39, 0.29) is 16.2 Å². The predicted octanol–water partition coefficient (Wildman–Crippen LogP) is 3.67. The Bertz CT molecular complexity index is 495. The van der Waals surface area contributed by atoms with Crippen LogP contribution in [0.5, 0.6) is 0 Å². The third-order valence-electron chi connectivity index (χ3n) is 1.61. The van der Waals surface area contributed by atoms with E-state index in [0.717, 1.165) is 6.08 Å². The number of nitrogens with zero attached hydrogens (tertiary/aromatic N) is 2. The molecule has 0 aliphatic rings. The largest absolute Gasteiger partial charge is 0.205 e. The van der Waals surface area contributed by atoms with E-state index >= 15 is 0 Å². The van der Waals surface area contributed by atoms with E-state index in [2.05, 4.69) is 15.9 Å². The lowest BCUT2D eigenvalue weighted by molar-refractivity contribution is 0.624. The molecule has 1 aromatic carbocycles. The van der Waals surface area contributed by atoms with E-state index in [1.54, 1.807) is 18.2 Å². The van der Waals surface area contributed by atoms with Gasteiger partial charge in [0.05, 0.1) is 5.02 Å². The maximum Gasteiger partial charge on any atom is 0.150 e. The fourth-order valence-corrected chi connectivity index (χ4v) is 1.38. The zero-order valence-corrected chi connectivity index (χ0v) is 9.60. The Morgan fingerprint density at radius 3 is 2.53 bits per heavy atom. The van der Waals surface area contributed by atoms with Gasteiger partial charge in [-0.05, 0) is 28.1 Å². The fourth-order valence-electron chi connectivity index (χ4n) is 0.897. The minimum absolute atomic E-state index is 0.0704. The first-order valence-electron chi connectivity index (χ1n) is 3.75. The second-order valence-electron chi connectivity index (χ2n) is 2.55. The third kappa shape index (κ3) is 2.56. The van der Waals surface area contributed by atoms with Crippen LogP contribution in [0.4, 0.5) is 4.39 Å². The monoisotopic (exact) mass is 284 g/mol. The Hall–Kier alpha value is -1.36. The highest BCUT2D eigenvalue weighted by molar-refractivity contribution is 9.10. The Kier molecular flexibility index (Phi) is 3.85. The molecule has 1 aromatic rings. The van der Waals surface area contributed by atoms with Gasteiger partial charge in [0.25, 0.3) is 0 Å². The quantitative estimate of drug-likeness (QED) is 0.584. The zero-order valence-electron chi connectivity index (χ0n) is 7.26. The maximum absolute atomic E-state index is 13.5. The molecule has 0 bridgehead atoms. The molecule has 0 atom stereocenters. The van der Waals surface area contributed by atoms with Gasteiger partial charge < -0.3 is 0 Å². The van der Waals surface area contributed by atoms with Crippen molar-refractivity contribution in [3.63, 3.8) is 0 Å². The highest BCUT2D eigenvalue weighted by Crippen LogP contribution is 2.28. The number of hydrogen-bond donors (Lipinski definition) is 0. The van der Waals surface area contributed by atoms with E-state index in [1.807, 2.05) is 0 Å². The zero-order chi connectivity index (χ0) is 11.4. The summed E-state index contributed by atoms with van der Waals surface area (Å²) in [7, 11) is 0. The summed E-state index contributed by atoms with van der Waals surface area (Å²) in [6.45, 7) is 0. The summed E-state index contributed by atoms with van der Waals surface area (Å²) < 4.78 is 13.9. The highest BCUT2D eigenvalue weighted by Gasteiger charge is 2.09. The lowest BCUT2D eigenvalue weighted by atomic mass is 10.1. The third-order valence-corrected chi connectivity index (χ3v) is 2.86. The molecule has 15 heavy (non-hydrogen) atoms. The Morgan fingerprint density at radius 1 is 1.40 bits per heavy atom. The van der Waals surface area contributed by atoms with Crippen molar-refractivity contribution >= 4 is 33.6 Å². The molecule has 0 heterocycles. The number of allylic oxidation sites excluding steroid dienone is 1. The molecule has 1 rings (SSSR count). The molecule has 0 radical (unpaired) electrons. The average molecular weight is 286 g/mol. The summed E-state index contributed by atoms with van der Waals surface area (Å²) in [6, 6.07) is 6.26. The van der Waals surface area contributed by atoms with Crippen LogP contribution in [0.3, 0.4) is 0 Å². The molecule has 0 fully saturated rings. The van der Waals surface area contributed by atoms with Gasteiger partial charge in [-0.1, -0.05) is 17.7 Å². The van der Waals surface area contributed by atoms with Crippen molar-refractivity contribution in [1.82, 2.24) is 0 Å². The molecule has 0 saturated heterocycles. The summed E-state index contributed by atoms with van der Waals surface area (Å²) in [5, 5.41) is 16.9. The Morgan fingerprint density at radius 2 is 2.00 bits per heavy atom. The molecule has 0 spiro atoms. The lowest BCUT2D eigenvalue weighted by Crippen LogP contribution is -1.86. The summed E-state index contributed by atoms with van der Waals surface area (Å²) in [6.07, 6.45) is 1.15. The molecule has 0 N–H and O–H groups in total. The second kappa shape index (κ2) is 4.93. The van der Waals surface area contributed by atoms with Crippen LogP contribution in [0.1, 0.15) is 5.56 Å². The van der Waals surface area contributed by atoms with Gasteiger partial charge in [0.1, 0.15) is 23.5 Å². The molecule has 5 heteroatoms. The van der Waals surface area contributed by atoms with Crippen molar-refractivity contribution in [1.29, 1.82) is 10.5 Å². The SMILES string of the molecule is N#CC(C#N)=Cc1ccc(Br)c(Cl)c1F. The number of nitriles is 2. The van der Waals surface area contributed by atoms with Gasteiger partial charge in [0, 0.05) is 10.0 Å². The number of benzene rings is 1. The van der Waals surface area contributed by atoms with Crippen molar-refractivity contribution in [2.24, 2.45) is 0 Å². The predicted molar refractivity (Wildman–Crippen MR) is 58.3 cm³/mol. The van der Waals surface area contributed by atoms with Gasteiger partial charge in [-0.2, -0.15) is 10.5 Å². The first-order valence-corrected chi connectivity index (χ1v) is 4.92. The fraction of sp³-hybridized carbons (Fsp3) is 0. The topological polar surface area (TPSA) is 47.6 Å². The summed E-state index contributed by atoms with van der Waals surface area (Å²) in [5.41, 5.74) is -0.0615. The molecular formula is C10H3BrClFN2. The van der Waals surface area contributed by atoms with Gasteiger partial charge in [-0.15, -0.1) is 0 Å². The van der Waals surface area contributed by atoms with Gasteiger partial charge in [-0.3, -0.25) is 0 Å². The Balaban J connectivity index is 3.32. The molecule has 0 aliphatic carbocycles. The molecule has 0 saturated carbocycles. The Labute approximate surface area is 99.3 Å². The van der Waals surface area contributed by atoms with Crippen molar-refractivity contribution < 1.29 is 4.39 Å². The minimum Gasteiger partial charge on any atom is -0.205 e. The normalized spacial score (nSPS) is 8.87. The molecule has 0 aliphatic heterocycles. The van der Waals surface area contributed by atoms with Crippen molar-refractivity contribution in [3.8, 4) is 12.1 Å². The maximum atomic E-state index is 13.5. The van der Waals surface area contributed by atoms with Crippen LogP contribution in [0.25, 0.3) is 6.08 Å². The molecule has 74 valence electrons. The standard InChI is InChI=1S/C10H3BrClFN2/c11-8-2-1-7(10(13)9(8)12)3-6(4-14)5-15/h1-3H. The second-order valence-corrected chi connectivity index (χ2v) is 3.78. The van der Waals surface area contributed by atoms with Crippen molar-refractivity contribution in [2.75, 3.05) is 0 Å². The van der Waals surface area contributed by atoms with Gasteiger partial charge in [0.15, 0.2) is 0 Å². The number of halogens is 3. The van der Waals surface area contributed by atoms with Gasteiger partial charge >= 0.3 is 0 Å². The van der Waals surface area contributed by atoms with Crippen LogP contribution in [-0.4, -0.2) is 0 Å². The first kappa shape index (κ1) is 11.7. The molecule has 0 unspecified atom stereocenters. The summed E-state index contributed by atoms with van der Waals surface area (Å²) in [5.74, 6) is -0.658. The number of rotatable bonds is 1. The van der Waals surface area contributed by atoms with Crippen LogP contribution < -0.4 is 0 Å².